The van der Waals surface area contributed by atoms with Crippen LogP contribution in [0.25, 0.3) is 11.3 Å². The number of nitrogens with one attached hydrogen (secondary N) is 1. The monoisotopic (exact) mass is 191 g/mol. The third kappa shape index (κ3) is 1.42. The molecule has 0 bridgehead atoms. The lowest BCUT2D eigenvalue weighted by Crippen LogP contribution is -1.97. The molecule has 0 aliphatic carbocycles. The Hall–Kier alpha value is -1.62. The molecule has 0 saturated heterocycles. The number of aromatic amines is 1. The number of rotatable bonds is 2. The maximum atomic E-state index is 5.47. The molecule has 0 fully saturated rings. The molecule has 0 aromatic carbocycles. The second kappa shape index (κ2) is 3.26. The highest BCUT2D eigenvalue weighted by Crippen LogP contribution is 2.19. The van der Waals surface area contributed by atoms with E-state index in [2.05, 4.69) is 15.1 Å². The van der Waals surface area contributed by atoms with E-state index >= 15 is 0 Å². The molecule has 0 aliphatic rings. The summed E-state index contributed by atoms with van der Waals surface area (Å²) in [6, 6.07) is 0. The van der Waals surface area contributed by atoms with E-state index in [1.807, 2.05) is 20.2 Å². The molecule has 14 heavy (non-hydrogen) atoms. The van der Waals surface area contributed by atoms with Crippen LogP contribution in [-0.2, 0) is 13.6 Å². The van der Waals surface area contributed by atoms with Crippen LogP contribution in [0.1, 0.15) is 11.5 Å². The van der Waals surface area contributed by atoms with Gasteiger partial charge >= 0.3 is 0 Å². The molecule has 0 saturated carbocycles. The van der Waals surface area contributed by atoms with Crippen molar-refractivity contribution in [3.63, 3.8) is 0 Å². The highest BCUT2D eigenvalue weighted by atomic mass is 15.2. The molecule has 0 spiro atoms. The van der Waals surface area contributed by atoms with Crippen LogP contribution in [0.2, 0.25) is 0 Å². The summed E-state index contributed by atoms with van der Waals surface area (Å²) in [5.74, 6) is 0.795. The molecule has 5 nitrogen and oxygen atoms in total. The van der Waals surface area contributed by atoms with Gasteiger partial charge in [0.2, 0.25) is 0 Å². The Kier molecular flexibility index (Phi) is 2.09. The van der Waals surface area contributed by atoms with Gasteiger partial charge in [0.15, 0.2) is 0 Å². The highest BCUT2D eigenvalue weighted by Gasteiger charge is 2.08. The van der Waals surface area contributed by atoms with E-state index in [4.69, 9.17) is 5.73 Å². The number of nitrogens with two attached hydrogens (primary N) is 1. The van der Waals surface area contributed by atoms with Gasteiger partial charge in [-0.1, -0.05) is 0 Å². The van der Waals surface area contributed by atoms with E-state index in [0.29, 0.717) is 6.54 Å². The summed E-state index contributed by atoms with van der Waals surface area (Å²) < 4.78 is 1.79. The van der Waals surface area contributed by atoms with Crippen LogP contribution in [0.4, 0.5) is 0 Å². The number of aromatic nitrogens is 4. The Balaban J connectivity index is 2.43. The predicted octanol–water partition coefficient (Wildman–Crippen LogP) is 0.577. The average Bonchev–Trinajstić information content (AvgIpc) is 2.71. The summed E-state index contributed by atoms with van der Waals surface area (Å²) in [5, 5.41) is 4.26. The molecule has 2 heterocycles. The standard InChI is InChI=1S/C9H13N5/c1-6-7(5-14(2)13-6)8-4-11-9(3-10)12-8/h4-5H,3,10H2,1-2H3,(H,11,12). The highest BCUT2D eigenvalue weighted by molar-refractivity contribution is 5.60. The Morgan fingerprint density at radius 2 is 2.36 bits per heavy atom. The zero-order chi connectivity index (χ0) is 10.1. The molecule has 2 rings (SSSR count). The van der Waals surface area contributed by atoms with Gasteiger partial charge in [-0.05, 0) is 6.92 Å². The van der Waals surface area contributed by atoms with Gasteiger partial charge in [-0.25, -0.2) is 4.98 Å². The quantitative estimate of drug-likeness (QED) is 0.729. The Morgan fingerprint density at radius 3 is 2.86 bits per heavy atom. The summed E-state index contributed by atoms with van der Waals surface area (Å²) in [5.41, 5.74) is 8.49. The third-order valence-corrected chi connectivity index (χ3v) is 2.13. The lowest BCUT2D eigenvalue weighted by atomic mass is 10.2. The number of hydrogen-bond acceptors (Lipinski definition) is 3. The van der Waals surface area contributed by atoms with Gasteiger partial charge in [0.25, 0.3) is 0 Å². The van der Waals surface area contributed by atoms with E-state index in [9.17, 15) is 0 Å². The molecule has 5 heteroatoms. The normalized spacial score (nSPS) is 10.8. The van der Waals surface area contributed by atoms with E-state index in [0.717, 1.165) is 22.8 Å². The van der Waals surface area contributed by atoms with Crippen molar-refractivity contribution in [2.45, 2.75) is 13.5 Å². The van der Waals surface area contributed by atoms with Crippen LogP contribution in [0, 0.1) is 6.92 Å². The fourth-order valence-corrected chi connectivity index (χ4v) is 1.47. The first-order chi connectivity index (χ1) is 6.70. The van der Waals surface area contributed by atoms with Gasteiger partial charge in [0, 0.05) is 18.8 Å². The third-order valence-electron chi connectivity index (χ3n) is 2.13. The first kappa shape index (κ1) is 8.96. The lowest BCUT2D eigenvalue weighted by molar-refractivity contribution is 0.756. The molecular weight excluding hydrogens is 178 g/mol. The van der Waals surface area contributed by atoms with Crippen molar-refractivity contribution in [2.24, 2.45) is 12.8 Å². The second-order valence-electron chi connectivity index (χ2n) is 3.25. The van der Waals surface area contributed by atoms with Gasteiger partial charge in [0.05, 0.1) is 24.1 Å². The number of hydrogen-bond donors (Lipinski definition) is 2. The largest absolute Gasteiger partial charge is 0.341 e. The van der Waals surface area contributed by atoms with Gasteiger partial charge in [-0.3, -0.25) is 4.68 Å². The number of H-pyrrole nitrogens is 1. The molecule has 0 amide bonds. The van der Waals surface area contributed by atoms with Gasteiger partial charge in [0.1, 0.15) is 5.82 Å². The number of nitrogens with zero attached hydrogens (tertiary/aromatic N) is 3. The van der Waals surface area contributed by atoms with Crippen molar-refractivity contribution in [1.29, 1.82) is 0 Å². The Bertz CT molecular complexity index is 440. The first-order valence-corrected chi connectivity index (χ1v) is 4.45. The van der Waals surface area contributed by atoms with Crippen molar-refractivity contribution in [3.05, 3.63) is 23.9 Å². The van der Waals surface area contributed by atoms with Crippen LogP contribution < -0.4 is 5.73 Å². The second-order valence-corrected chi connectivity index (χ2v) is 3.25. The molecule has 74 valence electrons. The maximum Gasteiger partial charge on any atom is 0.120 e. The van der Waals surface area contributed by atoms with Crippen molar-refractivity contribution in [2.75, 3.05) is 0 Å². The van der Waals surface area contributed by atoms with Crippen LogP contribution in [0.15, 0.2) is 12.4 Å². The molecule has 3 N–H and O–H groups in total. The Labute approximate surface area is 82.0 Å². The molecule has 0 radical (unpaired) electrons. The summed E-state index contributed by atoms with van der Waals surface area (Å²) in [7, 11) is 1.90. The zero-order valence-electron chi connectivity index (χ0n) is 8.28. The fourth-order valence-electron chi connectivity index (χ4n) is 1.47. The van der Waals surface area contributed by atoms with Gasteiger partial charge < -0.3 is 10.7 Å². The van der Waals surface area contributed by atoms with Crippen molar-refractivity contribution >= 4 is 0 Å². The minimum Gasteiger partial charge on any atom is -0.341 e. The molecular formula is C9H13N5. The van der Waals surface area contributed by atoms with E-state index in [1.165, 1.54) is 0 Å². The van der Waals surface area contributed by atoms with Crippen LogP contribution in [-0.4, -0.2) is 19.7 Å². The summed E-state index contributed by atoms with van der Waals surface area (Å²) in [6.07, 6.45) is 3.75. The molecule has 0 atom stereocenters. The van der Waals surface area contributed by atoms with Crippen molar-refractivity contribution in [1.82, 2.24) is 19.7 Å². The van der Waals surface area contributed by atoms with E-state index < -0.39 is 0 Å². The maximum absolute atomic E-state index is 5.47. The van der Waals surface area contributed by atoms with Crippen molar-refractivity contribution < 1.29 is 0 Å². The topological polar surface area (TPSA) is 72.5 Å². The SMILES string of the molecule is Cc1nn(C)cc1-c1cnc(CN)[nH]1. The summed E-state index contributed by atoms with van der Waals surface area (Å²) in [6.45, 7) is 2.40. The minimum absolute atomic E-state index is 0.430. The summed E-state index contributed by atoms with van der Waals surface area (Å²) in [4.78, 5) is 7.29. The zero-order valence-corrected chi connectivity index (χ0v) is 8.28. The van der Waals surface area contributed by atoms with Crippen molar-refractivity contribution in [3.8, 4) is 11.3 Å². The van der Waals surface area contributed by atoms with E-state index in [1.54, 1.807) is 10.9 Å². The molecule has 0 aliphatic heterocycles. The lowest BCUT2D eigenvalue weighted by Gasteiger charge is -1.92. The van der Waals surface area contributed by atoms with Gasteiger partial charge in [-0.15, -0.1) is 0 Å². The smallest absolute Gasteiger partial charge is 0.120 e. The fraction of sp³-hybridized carbons (Fsp3) is 0.333. The minimum atomic E-state index is 0.430. The Morgan fingerprint density at radius 1 is 1.57 bits per heavy atom. The van der Waals surface area contributed by atoms with Crippen LogP contribution in [0.3, 0.4) is 0 Å². The van der Waals surface area contributed by atoms with Crippen LogP contribution in [0.5, 0.6) is 0 Å². The first-order valence-electron chi connectivity index (χ1n) is 4.45. The van der Waals surface area contributed by atoms with Crippen LogP contribution >= 0.6 is 0 Å². The number of aryl methyl sites for hydroxylation is 2. The van der Waals surface area contributed by atoms with E-state index in [-0.39, 0.29) is 0 Å². The predicted molar refractivity (Wildman–Crippen MR) is 53.4 cm³/mol. The molecule has 0 unspecified atom stereocenters. The van der Waals surface area contributed by atoms with Gasteiger partial charge in [-0.2, -0.15) is 5.10 Å². The molecule has 2 aromatic rings. The molecule has 2 aromatic heterocycles. The number of imidazole rings is 1. The summed E-state index contributed by atoms with van der Waals surface area (Å²) >= 11 is 0. The average molecular weight is 191 g/mol.